The highest BCUT2D eigenvalue weighted by molar-refractivity contribution is 7.18. The molecule has 2 aromatic rings. The van der Waals surface area contributed by atoms with Gasteiger partial charge >= 0.3 is 0 Å². The molecule has 7 heteroatoms. The number of para-hydroxylation sites is 1. The number of aromatic nitrogens is 1. The number of rotatable bonds is 7. The van der Waals surface area contributed by atoms with Crippen LogP contribution in [0.25, 0.3) is 10.2 Å². The topological polar surface area (TPSA) is 45.2 Å². The van der Waals surface area contributed by atoms with E-state index in [1.54, 1.807) is 11.3 Å². The van der Waals surface area contributed by atoms with E-state index < -0.39 is 0 Å². The Balaban J connectivity index is 0.00000196. The van der Waals surface area contributed by atoms with Crippen LogP contribution < -0.4 is 5.32 Å². The zero-order valence-corrected chi connectivity index (χ0v) is 19.5. The Morgan fingerprint density at radius 1 is 1.29 bits per heavy atom. The zero-order valence-electron chi connectivity index (χ0n) is 17.1. The van der Waals surface area contributed by atoms with E-state index in [1.807, 2.05) is 13.1 Å². The number of amides is 1. The van der Waals surface area contributed by atoms with Crippen molar-refractivity contribution in [1.82, 2.24) is 15.2 Å². The number of hydrogen-bond donors (Lipinski definition) is 1. The van der Waals surface area contributed by atoms with Crippen molar-refractivity contribution in [3.8, 4) is 0 Å². The number of piperidine rings is 1. The van der Waals surface area contributed by atoms with Gasteiger partial charge in [-0.25, -0.2) is 4.98 Å². The van der Waals surface area contributed by atoms with Crippen LogP contribution in [0.4, 0.5) is 0 Å². The minimum absolute atomic E-state index is 0. The fourth-order valence-corrected chi connectivity index (χ4v) is 5.31. The van der Waals surface area contributed by atoms with Gasteiger partial charge in [0.05, 0.1) is 20.6 Å². The molecule has 1 aromatic heterocycles. The molecule has 0 radical (unpaired) electrons. The second-order valence-corrected chi connectivity index (χ2v) is 8.67. The molecule has 1 atom stereocenters. The van der Waals surface area contributed by atoms with E-state index in [0.717, 1.165) is 55.8 Å². The third-order valence-corrected chi connectivity index (χ3v) is 6.97. The SMILES string of the molecule is CCC(CC)(Cc1nc2ccccc2s1)C(=O)N1CCCC(CNC)C1.Cl.Cl. The molecule has 1 aromatic carbocycles. The largest absolute Gasteiger partial charge is 0.342 e. The molecule has 0 spiro atoms. The van der Waals surface area contributed by atoms with Crippen LogP contribution >= 0.6 is 36.2 Å². The van der Waals surface area contributed by atoms with Crippen molar-refractivity contribution in [2.75, 3.05) is 26.7 Å². The molecule has 2 heterocycles. The molecule has 1 amide bonds. The number of halogens is 2. The quantitative estimate of drug-likeness (QED) is 0.655. The van der Waals surface area contributed by atoms with Crippen LogP contribution in [0.3, 0.4) is 0 Å². The second kappa shape index (κ2) is 11.3. The number of carbonyl (C=O) groups is 1. The number of nitrogens with zero attached hydrogens (tertiary/aromatic N) is 2. The van der Waals surface area contributed by atoms with E-state index >= 15 is 0 Å². The van der Waals surface area contributed by atoms with Crippen LogP contribution in [-0.4, -0.2) is 42.5 Å². The molecule has 1 aliphatic heterocycles. The van der Waals surface area contributed by atoms with Crippen LogP contribution in [0.15, 0.2) is 24.3 Å². The maximum absolute atomic E-state index is 13.5. The summed E-state index contributed by atoms with van der Waals surface area (Å²) in [4.78, 5) is 20.5. The summed E-state index contributed by atoms with van der Waals surface area (Å²) in [6.45, 7) is 7.10. The first-order valence-corrected chi connectivity index (χ1v) is 10.7. The summed E-state index contributed by atoms with van der Waals surface area (Å²) in [7, 11) is 2.00. The molecule has 158 valence electrons. The normalized spacial score (nSPS) is 17.1. The van der Waals surface area contributed by atoms with Gasteiger partial charge in [-0.3, -0.25) is 4.79 Å². The maximum Gasteiger partial charge on any atom is 0.229 e. The highest BCUT2D eigenvalue weighted by atomic mass is 35.5. The fraction of sp³-hybridized carbons (Fsp3) is 0.619. The number of thiazole rings is 1. The van der Waals surface area contributed by atoms with Crippen molar-refractivity contribution in [3.05, 3.63) is 29.3 Å². The average Bonchev–Trinajstić information content (AvgIpc) is 3.08. The Labute approximate surface area is 185 Å². The highest BCUT2D eigenvalue weighted by Gasteiger charge is 2.40. The third kappa shape index (κ3) is 5.38. The van der Waals surface area contributed by atoms with Gasteiger partial charge in [-0.05, 0) is 57.3 Å². The van der Waals surface area contributed by atoms with E-state index in [-0.39, 0.29) is 30.2 Å². The Kier molecular flexibility index (Phi) is 10.2. The summed E-state index contributed by atoms with van der Waals surface area (Å²) in [5, 5.41) is 4.36. The van der Waals surface area contributed by atoms with Gasteiger partial charge in [0.15, 0.2) is 0 Å². The van der Waals surface area contributed by atoms with Gasteiger partial charge in [0.1, 0.15) is 0 Å². The fourth-order valence-electron chi connectivity index (χ4n) is 4.20. The van der Waals surface area contributed by atoms with Crippen molar-refractivity contribution in [2.24, 2.45) is 11.3 Å². The van der Waals surface area contributed by atoms with E-state index in [2.05, 4.69) is 42.3 Å². The smallest absolute Gasteiger partial charge is 0.229 e. The Hall–Kier alpha value is -0.880. The zero-order chi connectivity index (χ0) is 18.6. The van der Waals surface area contributed by atoms with Crippen LogP contribution in [0.5, 0.6) is 0 Å². The van der Waals surface area contributed by atoms with Gasteiger partial charge in [0.25, 0.3) is 0 Å². The lowest BCUT2D eigenvalue weighted by atomic mass is 9.77. The van der Waals surface area contributed by atoms with E-state index in [1.165, 1.54) is 11.1 Å². The van der Waals surface area contributed by atoms with Gasteiger partial charge in [0.2, 0.25) is 5.91 Å². The first-order chi connectivity index (χ1) is 12.6. The van der Waals surface area contributed by atoms with Gasteiger partial charge in [0, 0.05) is 19.5 Å². The predicted octanol–water partition coefficient (Wildman–Crippen LogP) is 4.95. The van der Waals surface area contributed by atoms with E-state index in [0.29, 0.717) is 11.8 Å². The second-order valence-electron chi connectivity index (χ2n) is 7.56. The maximum atomic E-state index is 13.5. The number of fused-ring (bicyclic) bond motifs is 1. The molecule has 1 fully saturated rings. The number of benzene rings is 1. The summed E-state index contributed by atoms with van der Waals surface area (Å²) in [6, 6.07) is 8.26. The number of likely N-dealkylation sites (tertiary alicyclic amines) is 1. The molecule has 0 bridgehead atoms. The van der Waals surface area contributed by atoms with Crippen LogP contribution in [0, 0.1) is 11.3 Å². The van der Waals surface area contributed by atoms with Gasteiger partial charge in [-0.2, -0.15) is 0 Å². The minimum Gasteiger partial charge on any atom is -0.342 e. The predicted molar refractivity (Wildman–Crippen MR) is 124 cm³/mol. The molecule has 1 N–H and O–H groups in total. The molecular weight excluding hydrogens is 413 g/mol. The summed E-state index contributed by atoms with van der Waals surface area (Å²) in [6.07, 6.45) is 4.82. The van der Waals surface area contributed by atoms with E-state index in [4.69, 9.17) is 4.98 Å². The average molecular weight is 446 g/mol. The van der Waals surface area contributed by atoms with Gasteiger partial charge in [-0.1, -0.05) is 26.0 Å². The van der Waals surface area contributed by atoms with Crippen LogP contribution in [0.2, 0.25) is 0 Å². The number of carbonyl (C=O) groups excluding carboxylic acids is 1. The molecule has 1 aliphatic rings. The summed E-state index contributed by atoms with van der Waals surface area (Å²) < 4.78 is 1.21. The molecule has 0 saturated carbocycles. The third-order valence-electron chi connectivity index (χ3n) is 5.93. The molecule has 1 saturated heterocycles. The van der Waals surface area contributed by atoms with Gasteiger partial charge in [-0.15, -0.1) is 36.2 Å². The minimum atomic E-state index is -0.324. The molecule has 0 aliphatic carbocycles. The lowest BCUT2D eigenvalue weighted by molar-refractivity contribution is -0.144. The van der Waals surface area contributed by atoms with Crippen molar-refractivity contribution in [2.45, 2.75) is 46.0 Å². The molecular formula is C21H33Cl2N3OS. The monoisotopic (exact) mass is 445 g/mol. The standard InChI is InChI=1S/C21H31N3OS.2ClH/c1-4-21(5-2,13-19-23-17-10-6-7-11-18(17)26-19)20(25)24-12-8-9-16(15-24)14-22-3;;/h6-7,10-11,16,22H,4-5,8-9,12-15H2,1-3H3;2*1H. The van der Waals surface area contributed by atoms with E-state index in [9.17, 15) is 4.79 Å². The van der Waals surface area contributed by atoms with Gasteiger partial charge < -0.3 is 10.2 Å². The van der Waals surface area contributed by atoms with Crippen LogP contribution in [-0.2, 0) is 11.2 Å². The molecule has 4 nitrogen and oxygen atoms in total. The molecule has 1 unspecified atom stereocenters. The summed E-state index contributed by atoms with van der Waals surface area (Å²) in [5.41, 5.74) is 0.725. The first kappa shape index (κ1) is 25.2. The van der Waals surface area contributed by atoms with Crippen LogP contribution in [0.1, 0.15) is 44.5 Å². The Morgan fingerprint density at radius 2 is 2.00 bits per heavy atom. The lowest BCUT2D eigenvalue weighted by Gasteiger charge is -2.40. The summed E-state index contributed by atoms with van der Waals surface area (Å²) >= 11 is 1.74. The van der Waals surface area contributed by atoms with Crippen molar-refractivity contribution in [3.63, 3.8) is 0 Å². The Bertz CT molecular complexity index is 713. The molecule has 3 rings (SSSR count). The van der Waals surface area contributed by atoms with Crippen molar-refractivity contribution >= 4 is 52.3 Å². The highest BCUT2D eigenvalue weighted by Crippen LogP contribution is 2.37. The Morgan fingerprint density at radius 3 is 2.64 bits per heavy atom. The van der Waals surface area contributed by atoms with Crippen molar-refractivity contribution < 1.29 is 4.79 Å². The number of nitrogens with one attached hydrogen (secondary N) is 1. The van der Waals surface area contributed by atoms with Crippen molar-refractivity contribution in [1.29, 1.82) is 0 Å². The molecule has 28 heavy (non-hydrogen) atoms. The first-order valence-electron chi connectivity index (χ1n) is 9.90. The lowest BCUT2D eigenvalue weighted by Crippen LogP contribution is -2.49. The summed E-state index contributed by atoms with van der Waals surface area (Å²) in [5.74, 6) is 0.911. The number of hydrogen-bond acceptors (Lipinski definition) is 4.